The molecule has 1 aliphatic heterocycles. The quantitative estimate of drug-likeness (QED) is 0.471. The molecule has 1 aliphatic rings. The Labute approximate surface area is 120 Å². The van der Waals surface area contributed by atoms with Gasteiger partial charge in [-0.2, -0.15) is 0 Å². The van der Waals surface area contributed by atoms with Crippen LogP contribution in [0.1, 0.15) is 13.3 Å². The van der Waals surface area contributed by atoms with Crippen LogP contribution in [0.4, 0.5) is 16.2 Å². The van der Waals surface area contributed by atoms with E-state index in [2.05, 4.69) is 19.5 Å². The minimum Gasteiger partial charge on any atom is -0.463 e. The van der Waals surface area contributed by atoms with E-state index in [0.717, 1.165) is 0 Å². The van der Waals surface area contributed by atoms with Crippen molar-refractivity contribution in [1.82, 2.24) is 9.97 Å². The number of aromatic nitrogens is 2. The first kappa shape index (κ1) is 14.8. The van der Waals surface area contributed by atoms with Crippen LogP contribution in [0.3, 0.4) is 0 Å². The molecule has 0 N–H and O–H groups in total. The van der Waals surface area contributed by atoms with E-state index >= 15 is 0 Å². The fourth-order valence-corrected chi connectivity index (χ4v) is 1.99. The summed E-state index contributed by atoms with van der Waals surface area (Å²) in [7, 11) is 0. The van der Waals surface area contributed by atoms with Crippen molar-refractivity contribution in [2.24, 2.45) is 0 Å². The average molecular weight is 292 g/mol. The van der Waals surface area contributed by atoms with Crippen LogP contribution in [0.5, 0.6) is 0 Å². The molecule has 0 radical (unpaired) electrons. The molecule has 0 spiro atoms. The summed E-state index contributed by atoms with van der Waals surface area (Å²) in [5, 5.41) is 0. The zero-order valence-corrected chi connectivity index (χ0v) is 11.4. The van der Waals surface area contributed by atoms with Gasteiger partial charge in [-0.1, -0.05) is 11.6 Å². The Morgan fingerprint density at radius 1 is 1.67 bits per heavy atom. The Morgan fingerprint density at radius 3 is 3.05 bits per heavy atom. The minimum atomic E-state index is -2.61. The van der Waals surface area contributed by atoms with Crippen molar-refractivity contribution in [3.63, 3.8) is 0 Å². The number of piperidine rings is 1. The lowest BCUT2D eigenvalue weighted by Crippen LogP contribution is -2.55. The number of ether oxygens (including phenoxy) is 1. The van der Waals surface area contributed by atoms with Gasteiger partial charge in [-0.05, 0) is 13.0 Å². The number of ketones is 1. The lowest BCUT2D eigenvalue weighted by Gasteiger charge is -2.32. The summed E-state index contributed by atoms with van der Waals surface area (Å²) in [6.45, 7) is 8.19. The number of Topliss-reactive ketones (excluding diaryl/α,β-unsaturated/α-hetero) is 1. The van der Waals surface area contributed by atoms with Gasteiger partial charge in [-0.25, -0.2) is 14.2 Å². The van der Waals surface area contributed by atoms with Gasteiger partial charge >= 0.3 is 11.9 Å². The maximum Gasteiger partial charge on any atom is 0.351 e. The summed E-state index contributed by atoms with van der Waals surface area (Å²) in [6, 6.07) is 1.43. The highest BCUT2D eigenvalue weighted by molar-refractivity contribution is 6.09. The van der Waals surface area contributed by atoms with Crippen molar-refractivity contribution < 1.29 is 18.7 Å². The van der Waals surface area contributed by atoms with Gasteiger partial charge in [0, 0.05) is 19.2 Å². The van der Waals surface area contributed by atoms with E-state index in [9.17, 15) is 14.0 Å². The van der Waals surface area contributed by atoms with E-state index in [-0.39, 0.29) is 37.9 Å². The highest BCUT2D eigenvalue weighted by atomic mass is 19.1. The first-order chi connectivity index (χ1) is 10.0. The number of esters is 1. The SMILES string of the molecule is [C-]#[N+]c1ccnc(N2CCC(F)(C(=O)OCC)C(=O)C2)n1. The average Bonchev–Trinajstić information content (AvgIpc) is 2.50. The molecule has 0 amide bonds. The number of carbonyl (C=O) groups excluding carboxylic acids is 2. The van der Waals surface area contributed by atoms with Crippen LogP contribution < -0.4 is 4.90 Å². The Kier molecular flexibility index (Phi) is 4.12. The molecule has 0 bridgehead atoms. The summed E-state index contributed by atoms with van der Waals surface area (Å²) in [5.74, 6) is -1.73. The van der Waals surface area contributed by atoms with Gasteiger partial charge in [0.2, 0.25) is 5.78 Å². The smallest absolute Gasteiger partial charge is 0.351 e. The van der Waals surface area contributed by atoms with Gasteiger partial charge in [0.1, 0.15) is 0 Å². The molecule has 1 unspecified atom stereocenters. The molecule has 7 nitrogen and oxygen atoms in total. The molecule has 8 heteroatoms. The standard InChI is InChI=1S/C13H13FN4O3/c1-3-21-11(20)13(14)5-7-18(8-9(13)19)12-16-6-4-10(15-2)17-12/h4,6H,3,5,7-8H2,1H3. The lowest BCUT2D eigenvalue weighted by molar-refractivity contribution is -0.163. The fourth-order valence-electron chi connectivity index (χ4n) is 1.99. The Morgan fingerprint density at radius 2 is 2.43 bits per heavy atom. The van der Waals surface area contributed by atoms with Crippen molar-refractivity contribution in [1.29, 1.82) is 0 Å². The van der Waals surface area contributed by atoms with Gasteiger partial charge in [0.05, 0.1) is 13.2 Å². The molecule has 2 rings (SSSR count). The number of rotatable bonds is 3. The van der Waals surface area contributed by atoms with Crippen LogP contribution in [0.2, 0.25) is 0 Å². The van der Waals surface area contributed by atoms with Gasteiger partial charge in [-0.3, -0.25) is 4.79 Å². The van der Waals surface area contributed by atoms with Crippen LogP contribution in [0.25, 0.3) is 4.85 Å². The molecule has 2 heterocycles. The maximum absolute atomic E-state index is 14.4. The van der Waals surface area contributed by atoms with E-state index in [1.54, 1.807) is 6.92 Å². The highest BCUT2D eigenvalue weighted by Crippen LogP contribution is 2.27. The number of nitrogens with zero attached hydrogens (tertiary/aromatic N) is 4. The van der Waals surface area contributed by atoms with E-state index in [1.165, 1.54) is 17.2 Å². The molecule has 1 aromatic rings. The van der Waals surface area contributed by atoms with Crippen LogP contribution in [-0.2, 0) is 14.3 Å². The second-order valence-electron chi connectivity index (χ2n) is 4.44. The maximum atomic E-state index is 14.4. The molecule has 0 saturated carbocycles. The third-order valence-corrected chi connectivity index (χ3v) is 3.13. The van der Waals surface area contributed by atoms with Crippen LogP contribution >= 0.6 is 0 Å². The number of carbonyl (C=O) groups is 2. The van der Waals surface area contributed by atoms with Crippen LogP contribution in [0, 0.1) is 6.57 Å². The zero-order chi connectivity index (χ0) is 15.5. The van der Waals surface area contributed by atoms with Gasteiger partial charge in [0.15, 0.2) is 0 Å². The number of hydrogen-bond acceptors (Lipinski definition) is 6. The number of anilines is 1. The van der Waals surface area contributed by atoms with Crippen LogP contribution in [-0.4, -0.2) is 47.1 Å². The van der Waals surface area contributed by atoms with Gasteiger partial charge < -0.3 is 14.5 Å². The zero-order valence-electron chi connectivity index (χ0n) is 11.4. The summed E-state index contributed by atoms with van der Waals surface area (Å²) in [4.78, 5) is 36.0. The molecule has 0 aliphatic carbocycles. The van der Waals surface area contributed by atoms with Gasteiger partial charge in [-0.15, -0.1) is 0 Å². The topological polar surface area (TPSA) is 76.8 Å². The van der Waals surface area contributed by atoms with E-state index in [0.29, 0.717) is 0 Å². The third-order valence-electron chi connectivity index (χ3n) is 3.13. The second-order valence-corrected chi connectivity index (χ2v) is 4.44. The predicted molar refractivity (Wildman–Crippen MR) is 70.6 cm³/mol. The first-order valence-electron chi connectivity index (χ1n) is 6.36. The molecule has 110 valence electrons. The molecular weight excluding hydrogens is 279 g/mol. The normalized spacial score (nSPS) is 21.8. The molecule has 1 atom stereocenters. The summed E-state index contributed by atoms with van der Waals surface area (Å²) in [6.07, 6.45) is 1.07. The largest absolute Gasteiger partial charge is 0.463 e. The molecule has 1 saturated heterocycles. The van der Waals surface area contributed by atoms with E-state index < -0.39 is 17.4 Å². The van der Waals surface area contributed by atoms with Crippen molar-refractivity contribution in [3.8, 4) is 0 Å². The number of alkyl halides is 1. The third kappa shape index (κ3) is 2.81. The molecule has 0 aromatic carbocycles. The second kappa shape index (κ2) is 5.83. The molecule has 1 aromatic heterocycles. The van der Waals surface area contributed by atoms with E-state index in [1.807, 2.05) is 0 Å². The number of hydrogen-bond donors (Lipinski definition) is 0. The van der Waals surface area contributed by atoms with Crippen molar-refractivity contribution >= 4 is 23.5 Å². The summed E-state index contributed by atoms with van der Waals surface area (Å²) >= 11 is 0. The molecular formula is C13H13FN4O3. The Hall–Kier alpha value is -2.56. The minimum absolute atomic E-state index is 0.0116. The van der Waals surface area contributed by atoms with Crippen LogP contribution in [0.15, 0.2) is 12.3 Å². The Balaban J connectivity index is 2.15. The van der Waals surface area contributed by atoms with Crippen molar-refractivity contribution in [2.45, 2.75) is 19.0 Å². The van der Waals surface area contributed by atoms with E-state index in [4.69, 9.17) is 6.57 Å². The molecule has 1 fully saturated rings. The first-order valence-corrected chi connectivity index (χ1v) is 6.36. The van der Waals surface area contributed by atoms with Gasteiger partial charge in [0.25, 0.3) is 11.5 Å². The summed E-state index contributed by atoms with van der Waals surface area (Å²) < 4.78 is 19.0. The Bertz CT molecular complexity index is 616. The fraction of sp³-hybridized carbons (Fsp3) is 0.462. The summed E-state index contributed by atoms with van der Waals surface area (Å²) in [5.41, 5.74) is -2.61. The number of halogens is 1. The lowest BCUT2D eigenvalue weighted by atomic mass is 9.92. The van der Waals surface area contributed by atoms with Crippen molar-refractivity contribution in [2.75, 3.05) is 24.6 Å². The predicted octanol–water partition coefficient (Wildman–Crippen LogP) is 1.08. The monoisotopic (exact) mass is 292 g/mol. The molecule has 21 heavy (non-hydrogen) atoms. The highest BCUT2D eigenvalue weighted by Gasteiger charge is 2.51. The van der Waals surface area contributed by atoms with Crippen molar-refractivity contribution in [3.05, 3.63) is 23.7 Å².